The number of nitrogens with two attached hydrogens (primary N) is 1. The van der Waals surface area contributed by atoms with Crippen LogP contribution in [0.15, 0.2) is 29.2 Å². The van der Waals surface area contributed by atoms with Crippen molar-refractivity contribution >= 4 is 28.6 Å². The molecule has 7 heteroatoms. The van der Waals surface area contributed by atoms with Gasteiger partial charge < -0.3 is 10.6 Å². The summed E-state index contributed by atoms with van der Waals surface area (Å²) in [5, 5.41) is 4.17. The van der Waals surface area contributed by atoms with Gasteiger partial charge in [-0.25, -0.2) is 4.68 Å². The lowest BCUT2D eigenvalue weighted by molar-refractivity contribution is 0.643. The van der Waals surface area contributed by atoms with Crippen LogP contribution in [-0.2, 0) is 6.54 Å². The highest BCUT2D eigenvalue weighted by atomic mass is 35.5. The molecular formula is C12H15ClN4OS. The first-order valence-electron chi connectivity index (χ1n) is 5.82. The van der Waals surface area contributed by atoms with E-state index in [1.807, 2.05) is 24.1 Å². The molecule has 2 N–H and O–H groups in total. The summed E-state index contributed by atoms with van der Waals surface area (Å²) in [6, 6.07) is 5.28. The molecule has 102 valence electrons. The second kappa shape index (κ2) is 6.18. The van der Waals surface area contributed by atoms with E-state index < -0.39 is 0 Å². The zero-order valence-corrected chi connectivity index (χ0v) is 12.1. The largest absolute Gasteiger partial charge is 0.372 e. The summed E-state index contributed by atoms with van der Waals surface area (Å²) in [7, 11) is 1.88. The van der Waals surface area contributed by atoms with Gasteiger partial charge in [-0.05, 0) is 12.1 Å². The minimum absolute atomic E-state index is 0.133. The third-order valence-electron chi connectivity index (χ3n) is 2.69. The van der Waals surface area contributed by atoms with Crippen LogP contribution in [0, 0.1) is 0 Å². The van der Waals surface area contributed by atoms with Gasteiger partial charge in [-0.1, -0.05) is 11.6 Å². The van der Waals surface area contributed by atoms with Crippen LogP contribution in [0.5, 0.6) is 0 Å². The van der Waals surface area contributed by atoms with Crippen LogP contribution < -0.4 is 16.2 Å². The lowest BCUT2D eigenvalue weighted by Crippen LogP contribution is -2.29. The zero-order chi connectivity index (χ0) is 13.8. The van der Waals surface area contributed by atoms with Crippen molar-refractivity contribution in [2.24, 2.45) is 5.73 Å². The van der Waals surface area contributed by atoms with E-state index in [9.17, 15) is 4.79 Å². The molecule has 0 aliphatic heterocycles. The Morgan fingerprint density at radius 1 is 1.53 bits per heavy atom. The summed E-state index contributed by atoms with van der Waals surface area (Å²) < 4.78 is 2.13. The van der Waals surface area contributed by atoms with Crippen molar-refractivity contribution in [2.45, 2.75) is 6.54 Å². The fraction of sp³-hybridized carbons (Fsp3) is 0.333. The fourth-order valence-electron chi connectivity index (χ4n) is 1.66. The molecule has 0 amide bonds. The highest BCUT2D eigenvalue weighted by Gasteiger charge is 2.06. The lowest BCUT2D eigenvalue weighted by Gasteiger charge is -2.17. The van der Waals surface area contributed by atoms with Crippen LogP contribution in [0.4, 0.5) is 5.69 Å². The second-order valence-electron chi connectivity index (χ2n) is 4.13. The Hall–Kier alpha value is -1.37. The number of likely N-dealkylation sites (N-methyl/N-ethyl adjacent to an activating group) is 1. The van der Waals surface area contributed by atoms with Gasteiger partial charge in [0.05, 0.1) is 22.8 Å². The van der Waals surface area contributed by atoms with Gasteiger partial charge in [-0.3, -0.25) is 4.79 Å². The standard InChI is InChI=1S/C12H15ClN4OS/c1-16(5-4-14)9-6-12(18)17(15-7-9)8-10-2-3-11(13)19-10/h2-3,6-7H,4-5,8,14H2,1H3. The monoisotopic (exact) mass is 298 g/mol. The Labute approximate surface area is 120 Å². The zero-order valence-electron chi connectivity index (χ0n) is 10.5. The molecule has 5 nitrogen and oxygen atoms in total. The molecule has 0 saturated carbocycles. The smallest absolute Gasteiger partial charge is 0.269 e. The molecule has 0 spiro atoms. The van der Waals surface area contributed by atoms with Gasteiger partial charge in [0, 0.05) is 31.1 Å². The summed E-state index contributed by atoms with van der Waals surface area (Å²) in [5.41, 5.74) is 6.12. The molecule has 0 aromatic carbocycles. The minimum Gasteiger partial charge on any atom is -0.372 e. The SMILES string of the molecule is CN(CCN)c1cnn(Cc2ccc(Cl)s2)c(=O)c1. The second-order valence-corrected chi connectivity index (χ2v) is 5.93. The molecule has 2 aromatic rings. The van der Waals surface area contributed by atoms with E-state index in [0.29, 0.717) is 24.0 Å². The third-order valence-corrected chi connectivity index (χ3v) is 3.91. The third kappa shape index (κ3) is 3.56. The Kier molecular flexibility index (Phi) is 4.57. The molecule has 0 radical (unpaired) electrons. The van der Waals surface area contributed by atoms with Crippen LogP contribution in [-0.4, -0.2) is 29.9 Å². The molecule has 19 heavy (non-hydrogen) atoms. The predicted octanol–water partition coefficient (Wildman–Crippen LogP) is 1.40. The quantitative estimate of drug-likeness (QED) is 0.906. The number of aromatic nitrogens is 2. The molecule has 0 fully saturated rings. The van der Waals surface area contributed by atoms with Crippen molar-refractivity contribution in [1.29, 1.82) is 0 Å². The highest BCUT2D eigenvalue weighted by Crippen LogP contribution is 2.21. The van der Waals surface area contributed by atoms with E-state index in [1.165, 1.54) is 16.0 Å². The number of hydrogen-bond donors (Lipinski definition) is 1. The van der Waals surface area contributed by atoms with Gasteiger partial charge in [0.2, 0.25) is 0 Å². The van der Waals surface area contributed by atoms with Gasteiger partial charge in [0.1, 0.15) is 0 Å². The minimum atomic E-state index is -0.133. The van der Waals surface area contributed by atoms with Gasteiger partial charge in [-0.15, -0.1) is 11.3 Å². The number of thiophene rings is 1. The summed E-state index contributed by atoms with van der Waals surface area (Å²) in [5.74, 6) is 0. The maximum absolute atomic E-state index is 12.0. The normalized spacial score (nSPS) is 10.7. The van der Waals surface area contributed by atoms with Gasteiger partial charge >= 0.3 is 0 Å². The van der Waals surface area contributed by atoms with Crippen molar-refractivity contribution in [3.05, 3.63) is 44.0 Å². The molecule has 2 aromatic heterocycles. The van der Waals surface area contributed by atoms with E-state index in [-0.39, 0.29) is 5.56 Å². The Bertz CT molecular complexity index is 610. The number of anilines is 1. The van der Waals surface area contributed by atoms with Crippen LogP contribution in [0.25, 0.3) is 0 Å². The maximum Gasteiger partial charge on any atom is 0.269 e. The van der Waals surface area contributed by atoms with Gasteiger partial charge in [0.25, 0.3) is 5.56 Å². The number of hydrogen-bond acceptors (Lipinski definition) is 5. The Balaban J connectivity index is 2.17. The van der Waals surface area contributed by atoms with Crippen LogP contribution in [0.1, 0.15) is 4.88 Å². The highest BCUT2D eigenvalue weighted by molar-refractivity contribution is 7.16. The molecule has 0 bridgehead atoms. The number of halogens is 1. The van der Waals surface area contributed by atoms with E-state index >= 15 is 0 Å². The van der Waals surface area contributed by atoms with Crippen LogP contribution in [0.3, 0.4) is 0 Å². The first-order valence-corrected chi connectivity index (χ1v) is 7.02. The summed E-state index contributed by atoms with van der Waals surface area (Å²) in [6.07, 6.45) is 1.67. The van der Waals surface area contributed by atoms with Gasteiger partial charge in [-0.2, -0.15) is 5.10 Å². The Morgan fingerprint density at radius 2 is 2.32 bits per heavy atom. The molecule has 0 unspecified atom stereocenters. The molecule has 0 aliphatic rings. The van der Waals surface area contributed by atoms with E-state index in [1.54, 1.807) is 12.3 Å². The first-order chi connectivity index (χ1) is 9.10. The maximum atomic E-state index is 12.0. The van der Waals surface area contributed by atoms with Crippen molar-refractivity contribution in [2.75, 3.05) is 25.0 Å². The van der Waals surface area contributed by atoms with Crippen LogP contribution in [0.2, 0.25) is 4.34 Å². The topological polar surface area (TPSA) is 64.2 Å². The fourth-order valence-corrected chi connectivity index (χ4v) is 2.73. The summed E-state index contributed by atoms with van der Waals surface area (Å²) in [4.78, 5) is 14.9. The Morgan fingerprint density at radius 3 is 2.89 bits per heavy atom. The lowest BCUT2D eigenvalue weighted by atomic mass is 10.4. The molecule has 0 saturated heterocycles. The van der Waals surface area contributed by atoms with Crippen molar-refractivity contribution < 1.29 is 0 Å². The number of nitrogens with zero attached hydrogens (tertiary/aromatic N) is 3. The van der Waals surface area contributed by atoms with E-state index in [4.69, 9.17) is 17.3 Å². The summed E-state index contributed by atoms with van der Waals surface area (Å²) >= 11 is 7.31. The van der Waals surface area contributed by atoms with Crippen molar-refractivity contribution in [1.82, 2.24) is 9.78 Å². The average molecular weight is 299 g/mol. The molecule has 2 rings (SSSR count). The predicted molar refractivity (Wildman–Crippen MR) is 79.3 cm³/mol. The first kappa shape index (κ1) is 14.0. The van der Waals surface area contributed by atoms with Crippen molar-refractivity contribution in [3.8, 4) is 0 Å². The van der Waals surface area contributed by atoms with Gasteiger partial charge in [0.15, 0.2) is 0 Å². The molecular weight excluding hydrogens is 284 g/mol. The molecule has 0 atom stereocenters. The average Bonchev–Trinajstić information content (AvgIpc) is 2.78. The summed E-state index contributed by atoms with van der Waals surface area (Å²) in [6.45, 7) is 1.66. The van der Waals surface area contributed by atoms with E-state index in [0.717, 1.165) is 10.6 Å². The van der Waals surface area contributed by atoms with E-state index in [2.05, 4.69) is 5.10 Å². The molecule has 2 heterocycles. The van der Waals surface area contributed by atoms with Crippen LogP contribution >= 0.6 is 22.9 Å². The number of rotatable bonds is 5. The molecule has 0 aliphatic carbocycles. The van der Waals surface area contributed by atoms with Crippen molar-refractivity contribution in [3.63, 3.8) is 0 Å².